The number of rotatable bonds is 1. The van der Waals surface area contributed by atoms with Gasteiger partial charge in [0.05, 0.1) is 9.21 Å². The van der Waals surface area contributed by atoms with E-state index < -0.39 is 0 Å². The molecule has 1 aliphatic rings. The summed E-state index contributed by atoms with van der Waals surface area (Å²) in [5, 5.41) is 0. The fourth-order valence-corrected chi connectivity index (χ4v) is 2.56. The van der Waals surface area contributed by atoms with Gasteiger partial charge >= 0.3 is 0 Å². The Hall–Kier alpha value is -1.13. The molecule has 17 heavy (non-hydrogen) atoms. The number of carbonyl (C=O) groups is 2. The fourth-order valence-electron chi connectivity index (χ4n) is 1.54. The maximum atomic E-state index is 11.9. The molecule has 0 unspecified atom stereocenters. The highest BCUT2D eigenvalue weighted by Gasteiger charge is 2.22. The first-order valence-electron chi connectivity index (χ1n) is 5.23. The highest BCUT2D eigenvalue weighted by Crippen LogP contribution is 2.23. The van der Waals surface area contributed by atoms with Crippen LogP contribution < -0.4 is 0 Å². The molecule has 0 atom stereocenters. The van der Waals surface area contributed by atoms with Gasteiger partial charge in [-0.25, -0.2) is 0 Å². The van der Waals surface area contributed by atoms with Crippen molar-refractivity contribution >= 4 is 34.6 Å². The Morgan fingerprint density at radius 2 is 1.88 bits per heavy atom. The molecule has 92 valence electrons. The number of nitrogens with zero attached hydrogens (tertiary/aromatic N) is 1. The lowest BCUT2D eigenvalue weighted by Crippen LogP contribution is -2.38. The third-order valence-corrected chi connectivity index (χ3v) is 3.61. The molecular weight excluding hydrogens is 258 g/mol. The van der Waals surface area contributed by atoms with Crippen LogP contribution in [-0.2, 0) is 4.79 Å². The lowest BCUT2D eigenvalue weighted by molar-refractivity contribution is -0.120. The van der Waals surface area contributed by atoms with Crippen molar-refractivity contribution in [3.63, 3.8) is 0 Å². The van der Waals surface area contributed by atoms with E-state index in [-0.39, 0.29) is 11.7 Å². The largest absolute Gasteiger partial charge is 0.337 e. The molecule has 1 amide bonds. The predicted octanol–water partition coefficient (Wildman–Crippen LogP) is 3.01. The molecule has 0 N–H and O–H groups in total. The Morgan fingerprint density at radius 3 is 2.35 bits per heavy atom. The second-order valence-corrected chi connectivity index (χ2v) is 5.15. The molecule has 0 aromatic carbocycles. The van der Waals surface area contributed by atoms with Crippen molar-refractivity contribution in [2.24, 2.45) is 0 Å². The summed E-state index contributed by atoms with van der Waals surface area (Å²) >= 11 is 7.04. The third kappa shape index (κ3) is 3.68. The minimum Gasteiger partial charge on any atom is -0.337 e. The first kappa shape index (κ1) is 13.9. The smallest absolute Gasteiger partial charge is 0.263 e. The highest BCUT2D eigenvalue weighted by atomic mass is 35.5. The van der Waals surface area contributed by atoms with Gasteiger partial charge in [0.15, 0.2) is 0 Å². The van der Waals surface area contributed by atoms with Crippen LogP contribution in [0.25, 0.3) is 0 Å². The number of ketones is 1. The van der Waals surface area contributed by atoms with Crippen LogP contribution in [0.1, 0.15) is 22.5 Å². The molecule has 1 aromatic rings. The molecule has 0 radical (unpaired) electrons. The number of piperidine rings is 1. The van der Waals surface area contributed by atoms with Gasteiger partial charge in [0.25, 0.3) is 5.91 Å². The monoisotopic (exact) mass is 271 g/mol. The summed E-state index contributed by atoms with van der Waals surface area (Å²) in [5.74, 6) is 0.225. The minimum atomic E-state index is -0.0144. The summed E-state index contributed by atoms with van der Waals surface area (Å²) in [6.07, 6.45) is 0.954. The van der Waals surface area contributed by atoms with E-state index >= 15 is 0 Å². The number of carbonyl (C=O) groups excluding carboxylic acids is 2. The Balaban J connectivity index is 0.000000686. The Morgan fingerprint density at radius 1 is 1.29 bits per heavy atom. The van der Waals surface area contributed by atoms with E-state index in [9.17, 15) is 9.59 Å². The van der Waals surface area contributed by atoms with E-state index in [4.69, 9.17) is 11.6 Å². The average Bonchev–Trinajstić information content (AvgIpc) is 2.79. The predicted molar refractivity (Wildman–Crippen MR) is 70.7 cm³/mol. The van der Waals surface area contributed by atoms with Crippen LogP contribution in [0.4, 0.5) is 0 Å². The number of likely N-dealkylation sites (tertiary alicyclic amines) is 1. The number of hydrogen-bond donors (Lipinski definition) is 0. The van der Waals surface area contributed by atoms with E-state index in [1.807, 2.05) is 0 Å². The molecule has 0 aliphatic carbocycles. The summed E-state index contributed by atoms with van der Waals surface area (Å²) in [5.41, 5.74) is 0. The van der Waals surface area contributed by atoms with Crippen LogP contribution in [0.3, 0.4) is 0 Å². The van der Waals surface area contributed by atoms with Crippen molar-refractivity contribution in [1.29, 1.82) is 0 Å². The van der Waals surface area contributed by atoms with Crippen molar-refractivity contribution in [2.45, 2.75) is 12.8 Å². The van der Waals surface area contributed by atoms with Crippen LogP contribution in [0.5, 0.6) is 0 Å². The normalized spacial score (nSPS) is 15.1. The number of hydrogen-bond acceptors (Lipinski definition) is 3. The molecule has 2 rings (SSSR count). The topological polar surface area (TPSA) is 37.4 Å². The van der Waals surface area contributed by atoms with Crippen LogP contribution in [0.2, 0.25) is 4.34 Å². The highest BCUT2D eigenvalue weighted by molar-refractivity contribution is 7.17. The van der Waals surface area contributed by atoms with Crippen LogP contribution in [-0.4, -0.2) is 29.7 Å². The summed E-state index contributed by atoms with van der Waals surface area (Å²) in [6.45, 7) is 7.07. The molecule has 1 aliphatic heterocycles. The van der Waals surface area contributed by atoms with E-state index in [1.165, 1.54) is 11.3 Å². The summed E-state index contributed by atoms with van der Waals surface area (Å²) in [7, 11) is 0. The lowest BCUT2D eigenvalue weighted by atomic mass is 10.1. The van der Waals surface area contributed by atoms with Gasteiger partial charge in [0, 0.05) is 25.9 Å². The van der Waals surface area contributed by atoms with Crippen LogP contribution >= 0.6 is 22.9 Å². The fraction of sp³-hybridized carbons (Fsp3) is 0.333. The number of thiophene rings is 1. The quantitative estimate of drug-likeness (QED) is 0.737. The van der Waals surface area contributed by atoms with Crippen molar-refractivity contribution < 1.29 is 9.59 Å². The second kappa shape index (κ2) is 6.57. The van der Waals surface area contributed by atoms with Gasteiger partial charge in [-0.1, -0.05) is 11.6 Å². The van der Waals surface area contributed by atoms with Crippen LogP contribution in [0.15, 0.2) is 25.3 Å². The molecular formula is C12H14ClNO2S. The van der Waals surface area contributed by atoms with Gasteiger partial charge in [-0.15, -0.1) is 24.5 Å². The van der Waals surface area contributed by atoms with E-state index in [0.29, 0.717) is 35.1 Å². The zero-order chi connectivity index (χ0) is 12.8. The number of Topliss-reactive ketones (excluding diaryl/α,β-unsaturated/α-hetero) is 1. The molecule has 3 nitrogen and oxygen atoms in total. The third-order valence-electron chi connectivity index (χ3n) is 2.39. The van der Waals surface area contributed by atoms with Gasteiger partial charge in [0.1, 0.15) is 5.78 Å². The molecule has 1 aromatic heterocycles. The van der Waals surface area contributed by atoms with Crippen molar-refractivity contribution in [2.75, 3.05) is 13.1 Å². The van der Waals surface area contributed by atoms with E-state index in [1.54, 1.807) is 17.0 Å². The summed E-state index contributed by atoms with van der Waals surface area (Å²) < 4.78 is 0.617. The van der Waals surface area contributed by atoms with Crippen molar-refractivity contribution in [3.8, 4) is 0 Å². The van der Waals surface area contributed by atoms with Gasteiger partial charge in [-0.3, -0.25) is 9.59 Å². The van der Waals surface area contributed by atoms with Gasteiger partial charge in [-0.05, 0) is 12.1 Å². The maximum Gasteiger partial charge on any atom is 0.263 e. The molecule has 0 spiro atoms. The first-order valence-corrected chi connectivity index (χ1v) is 6.42. The zero-order valence-corrected chi connectivity index (χ0v) is 11.0. The van der Waals surface area contributed by atoms with E-state index in [0.717, 1.165) is 0 Å². The molecule has 1 saturated heterocycles. The Kier molecular flexibility index (Phi) is 5.38. The summed E-state index contributed by atoms with van der Waals surface area (Å²) in [4.78, 5) is 25.3. The lowest BCUT2D eigenvalue weighted by Gasteiger charge is -2.25. The van der Waals surface area contributed by atoms with Crippen LogP contribution in [0, 0.1) is 0 Å². The van der Waals surface area contributed by atoms with Gasteiger partial charge in [0.2, 0.25) is 0 Å². The molecule has 0 bridgehead atoms. The van der Waals surface area contributed by atoms with Gasteiger partial charge in [-0.2, -0.15) is 0 Å². The SMILES string of the molecule is C=C.O=C1CCN(C(=O)c2ccc(Cl)s2)CC1. The molecule has 1 fully saturated rings. The summed E-state index contributed by atoms with van der Waals surface area (Å²) in [6, 6.07) is 3.44. The number of amides is 1. The molecule has 0 saturated carbocycles. The molecule has 2 heterocycles. The average molecular weight is 272 g/mol. The van der Waals surface area contributed by atoms with Gasteiger partial charge < -0.3 is 4.90 Å². The Labute approximate surface area is 110 Å². The molecule has 5 heteroatoms. The zero-order valence-electron chi connectivity index (χ0n) is 9.45. The first-order chi connectivity index (χ1) is 8.16. The van der Waals surface area contributed by atoms with Crippen molar-refractivity contribution in [1.82, 2.24) is 4.90 Å². The van der Waals surface area contributed by atoms with E-state index in [2.05, 4.69) is 13.2 Å². The minimum absolute atomic E-state index is 0.0144. The Bertz CT molecular complexity index is 406. The maximum absolute atomic E-state index is 11.9. The van der Waals surface area contributed by atoms with Crippen molar-refractivity contribution in [3.05, 3.63) is 34.5 Å². The standard InChI is InChI=1S/C10H10ClNO2S.C2H4/c11-9-2-1-8(15-9)10(14)12-5-3-7(13)4-6-12;1-2/h1-2H,3-6H2;1-2H2. The second-order valence-electron chi connectivity index (χ2n) is 3.43. The number of halogens is 1.